The van der Waals surface area contributed by atoms with Crippen LogP contribution in [0.15, 0.2) is 6.20 Å². The van der Waals surface area contributed by atoms with Gasteiger partial charge in [0.2, 0.25) is 5.91 Å². The van der Waals surface area contributed by atoms with Crippen molar-refractivity contribution in [3.8, 4) is 0 Å². The Kier molecular flexibility index (Phi) is 4.71. The second-order valence-electron chi connectivity index (χ2n) is 6.41. The molecule has 5 nitrogen and oxygen atoms in total. The Balaban J connectivity index is 1.69. The molecule has 1 aromatic rings. The molecule has 0 spiro atoms. The minimum atomic E-state index is 0.175. The van der Waals surface area contributed by atoms with Crippen LogP contribution in [0.3, 0.4) is 0 Å². The molecule has 3 heterocycles. The number of amides is 1. The van der Waals surface area contributed by atoms with Gasteiger partial charge >= 0.3 is 0 Å². The molecular weight excluding hydrogens is 276 g/mol. The lowest BCUT2D eigenvalue weighted by Gasteiger charge is -2.22. The highest BCUT2D eigenvalue weighted by Crippen LogP contribution is 2.27. The summed E-state index contributed by atoms with van der Waals surface area (Å²) >= 11 is 0. The highest BCUT2D eigenvalue weighted by Gasteiger charge is 2.31. The monoisotopic (exact) mass is 302 g/mol. The van der Waals surface area contributed by atoms with Crippen LogP contribution in [-0.2, 0) is 17.8 Å². The van der Waals surface area contributed by atoms with Gasteiger partial charge in [-0.3, -0.25) is 4.79 Å². The van der Waals surface area contributed by atoms with E-state index in [0.29, 0.717) is 11.8 Å². The Labute approximate surface area is 132 Å². The molecule has 0 saturated carbocycles. The first-order valence-corrected chi connectivity index (χ1v) is 8.57. The predicted molar refractivity (Wildman–Crippen MR) is 85.5 cm³/mol. The molecule has 1 atom stereocenters. The number of hydrogen-bond acceptors (Lipinski definition) is 4. The van der Waals surface area contributed by atoms with Gasteiger partial charge < -0.3 is 10.2 Å². The van der Waals surface area contributed by atoms with E-state index in [0.717, 1.165) is 57.7 Å². The van der Waals surface area contributed by atoms with Crippen molar-refractivity contribution in [3.05, 3.63) is 23.3 Å². The van der Waals surface area contributed by atoms with Crippen molar-refractivity contribution in [1.29, 1.82) is 0 Å². The summed E-state index contributed by atoms with van der Waals surface area (Å²) in [6.45, 7) is 7.70. The third kappa shape index (κ3) is 3.00. The number of carbonyl (C=O) groups excluding carboxylic acids is 1. The number of aromatic nitrogens is 2. The fraction of sp³-hybridized carbons (Fsp3) is 0.706. The predicted octanol–water partition coefficient (Wildman–Crippen LogP) is 1.87. The van der Waals surface area contributed by atoms with Gasteiger partial charge in [-0.2, -0.15) is 0 Å². The molecule has 1 aromatic heterocycles. The van der Waals surface area contributed by atoms with Crippen LogP contribution in [-0.4, -0.2) is 40.4 Å². The molecule has 1 amide bonds. The normalized spacial score (nSPS) is 21.2. The Morgan fingerprint density at radius 2 is 2.27 bits per heavy atom. The van der Waals surface area contributed by atoms with Gasteiger partial charge in [0, 0.05) is 61.9 Å². The van der Waals surface area contributed by atoms with Crippen LogP contribution in [0, 0.1) is 5.92 Å². The molecule has 0 radical (unpaired) electrons. The Morgan fingerprint density at radius 1 is 1.45 bits per heavy atom. The van der Waals surface area contributed by atoms with Gasteiger partial charge in [-0.25, -0.2) is 9.97 Å². The Morgan fingerprint density at radius 3 is 3.05 bits per heavy atom. The van der Waals surface area contributed by atoms with Crippen molar-refractivity contribution < 1.29 is 4.79 Å². The van der Waals surface area contributed by atoms with Crippen molar-refractivity contribution in [1.82, 2.24) is 20.2 Å². The van der Waals surface area contributed by atoms with Crippen molar-refractivity contribution >= 4 is 5.91 Å². The lowest BCUT2D eigenvalue weighted by atomic mass is 10.0. The molecule has 1 fully saturated rings. The van der Waals surface area contributed by atoms with E-state index in [1.165, 1.54) is 11.3 Å². The minimum Gasteiger partial charge on any atom is -0.342 e. The van der Waals surface area contributed by atoms with Crippen LogP contribution in [0.2, 0.25) is 0 Å². The lowest BCUT2D eigenvalue weighted by Crippen LogP contribution is -2.34. The molecular formula is C17H26N4O. The highest BCUT2D eigenvalue weighted by atomic mass is 16.2. The molecule has 1 N–H and O–H groups in total. The average Bonchev–Trinajstić information content (AvgIpc) is 3.05. The second-order valence-corrected chi connectivity index (χ2v) is 6.41. The molecule has 5 heteroatoms. The van der Waals surface area contributed by atoms with E-state index in [9.17, 15) is 4.79 Å². The maximum absolute atomic E-state index is 12.5. The zero-order valence-electron chi connectivity index (χ0n) is 13.6. The van der Waals surface area contributed by atoms with Gasteiger partial charge in [0.05, 0.1) is 0 Å². The number of hydrogen-bond donors (Lipinski definition) is 1. The van der Waals surface area contributed by atoms with Gasteiger partial charge in [0.15, 0.2) is 0 Å². The van der Waals surface area contributed by atoms with E-state index in [-0.39, 0.29) is 5.92 Å². The molecule has 2 aliphatic heterocycles. The summed E-state index contributed by atoms with van der Waals surface area (Å²) in [7, 11) is 0. The number of fused-ring (bicyclic) bond motifs is 1. The smallest absolute Gasteiger partial charge is 0.225 e. The molecule has 3 rings (SSSR count). The summed E-state index contributed by atoms with van der Waals surface area (Å²) in [5.41, 5.74) is 2.41. The van der Waals surface area contributed by atoms with E-state index >= 15 is 0 Å². The van der Waals surface area contributed by atoms with Crippen LogP contribution in [0.5, 0.6) is 0 Å². The molecule has 0 aliphatic carbocycles. The highest BCUT2D eigenvalue weighted by molar-refractivity contribution is 5.79. The standard InChI is InChI=1S/C17H26N4O/c1-3-12(4-2)17(22)21-8-6-13(11-21)16-19-10-14-9-18-7-5-15(14)20-16/h10,12-13,18H,3-9,11H2,1-2H3/t13-/m0/s1. The van der Waals surface area contributed by atoms with Crippen LogP contribution in [0.25, 0.3) is 0 Å². The molecule has 0 unspecified atom stereocenters. The summed E-state index contributed by atoms with van der Waals surface area (Å²) in [6.07, 6.45) is 5.80. The first kappa shape index (κ1) is 15.4. The van der Waals surface area contributed by atoms with Gasteiger partial charge in [-0.1, -0.05) is 13.8 Å². The minimum absolute atomic E-state index is 0.175. The second kappa shape index (κ2) is 6.73. The Hall–Kier alpha value is -1.49. The third-order valence-corrected chi connectivity index (χ3v) is 5.03. The van der Waals surface area contributed by atoms with Gasteiger partial charge in [0.1, 0.15) is 5.82 Å². The summed E-state index contributed by atoms with van der Waals surface area (Å²) in [6, 6.07) is 0. The maximum atomic E-state index is 12.5. The van der Waals surface area contributed by atoms with Crippen molar-refractivity contribution in [2.75, 3.05) is 19.6 Å². The summed E-state index contributed by atoms with van der Waals surface area (Å²) in [4.78, 5) is 23.9. The van der Waals surface area contributed by atoms with E-state index in [1.807, 2.05) is 11.1 Å². The lowest BCUT2D eigenvalue weighted by molar-refractivity contribution is -0.134. The van der Waals surface area contributed by atoms with Crippen molar-refractivity contribution in [2.45, 2.75) is 52.0 Å². The van der Waals surface area contributed by atoms with Crippen molar-refractivity contribution in [2.24, 2.45) is 5.92 Å². The zero-order valence-corrected chi connectivity index (χ0v) is 13.6. The van der Waals surface area contributed by atoms with E-state index < -0.39 is 0 Å². The van der Waals surface area contributed by atoms with E-state index in [1.54, 1.807) is 0 Å². The molecule has 2 aliphatic rings. The summed E-state index contributed by atoms with van der Waals surface area (Å²) in [5.74, 6) is 1.72. The van der Waals surface area contributed by atoms with Gasteiger partial charge in [-0.15, -0.1) is 0 Å². The first-order valence-electron chi connectivity index (χ1n) is 8.57. The van der Waals surface area contributed by atoms with Crippen LogP contribution < -0.4 is 5.32 Å². The fourth-order valence-corrected chi connectivity index (χ4v) is 3.52. The van der Waals surface area contributed by atoms with E-state index in [2.05, 4.69) is 24.1 Å². The average molecular weight is 302 g/mol. The molecule has 1 saturated heterocycles. The van der Waals surface area contributed by atoms with Crippen LogP contribution in [0.4, 0.5) is 0 Å². The molecule has 22 heavy (non-hydrogen) atoms. The number of rotatable bonds is 4. The molecule has 0 aromatic carbocycles. The maximum Gasteiger partial charge on any atom is 0.225 e. The van der Waals surface area contributed by atoms with Gasteiger partial charge in [0.25, 0.3) is 0 Å². The SMILES string of the molecule is CCC(CC)C(=O)N1CC[C@H](c2ncc3c(n2)CCNC3)C1. The first-order chi connectivity index (χ1) is 10.7. The summed E-state index contributed by atoms with van der Waals surface area (Å²) in [5, 5.41) is 3.34. The number of carbonyl (C=O) groups is 1. The van der Waals surface area contributed by atoms with Crippen LogP contribution >= 0.6 is 0 Å². The van der Waals surface area contributed by atoms with Crippen LogP contribution in [0.1, 0.15) is 56.1 Å². The topological polar surface area (TPSA) is 58.1 Å². The Bertz CT molecular complexity index is 541. The number of likely N-dealkylation sites (tertiary alicyclic amines) is 1. The third-order valence-electron chi connectivity index (χ3n) is 5.03. The fourth-order valence-electron chi connectivity index (χ4n) is 3.52. The van der Waals surface area contributed by atoms with Gasteiger partial charge in [-0.05, 0) is 19.3 Å². The molecule has 120 valence electrons. The van der Waals surface area contributed by atoms with Crippen molar-refractivity contribution in [3.63, 3.8) is 0 Å². The number of nitrogens with one attached hydrogen (secondary N) is 1. The number of nitrogens with zero attached hydrogens (tertiary/aromatic N) is 3. The quantitative estimate of drug-likeness (QED) is 0.922. The summed E-state index contributed by atoms with van der Waals surface area (Å²) < 4.78 is 0. The largest absolute Gasteiger partial charge is 0.342 e. The zero-order chi connectivity index (χ0) is 15.5. The molecule has 0 bridgehead atoms. The van der Waals surface area contributed by atoms with E-state index in [4.69, 9.17) is 4.98 Å².